The number of amides is 1. The highest BCUT2D eigenvalue weighted by Crippen LogP contribution is 2.40. The van der Waals surface area contributed by atoms with E-state index in [1.165, 1.54) is 6.08 Å². The molecule has 172 valence electrons. The fourth-order valence-electron chi connectivity index (χ4n) is 3.87. The highest BCUT2D eigenvalue weighted by Gasteiger charge is 2.17. The lowest BCUT2D eigenvalue weighted by molar-refractivity contribution is -0.111. The zero-order valence-electron chi connectivity index (χ0n) is 18.9. The van der Waals surface area contributed by atoms with Crippen molar-refractivity contribution in [2.75, 3.05) is 11.1 Å². The first-order chi connectivity index (χ1) is 17.0. The van der Waals surface area contributed by atoms with Crippen molar-refractivity contribution in [3.63, 3.8) is 0 Å². The number of pyridine rings is 2. The van der Waals surface area contributed by atoms with Crippen LogP contribution in [0.4, 0.5) is 11.6 Å². The number of aryl methyl sites for hydroxylation is 1. The van der Waals surface area contributed by atoms with E-state index in [2.05, 4.69) is 32.1 Å². The van der Waals surface area contributed by atoms with E-state index in [4.69, 9.17) is 10.5 Å². The minimum Gasteiger partial charge on any atom is -0.439 e. The van der Waals surface area contributed by atoms with E-state index in [9.17, 15) is 4.79 Å². The van der Waals surface area contributed by atoms with Gasteiger partial charge in [0.2, 0.25) is 11.8 Å². The Balaban J connectivity index is 1.55. The van der Waals surface area contributed by atoms with E-state index >= 15 is 0 Å². The van der Waals surface area contributed by atoms with Crippen LogP contribution in [0.3, 0.4) is 0 Å². The van der Waals surface area contributed by atoms with Crippen LogP contribution >= 0.6 is 0 Å². The number of nitrogens with zero attached hydrogens (tertiary/aromatic N) is 3. The number of aromatic amines is 1. The molecule has 0 saturated carbocycles. The second-order valence-corrected chi connectivity index (χ2v) is 7.89. The van der Waals surface area contributed by atoms with Gasteiger partial charge in [-0.3, -0.25) is 9.89 Å². The van der Waals surface area contributed by atoms with Gasteiger partial charge in [-0.05, 0) is 60.5 Å². The maximum absolute atomic E-state index is 11.6. The molecule has 2 aromatic carbocycles. The Morgan fingerprint density at radius 2 is 1.86 bits per heavy atom. The Kier molecular flexibility index (Phi) is 5.68. The summed E-state index contributed by atoms with van der Waals surface area (Å²) in [5.74, 6) is 1.74. The number of H-pyrrole nitrogens is 1. The van der Waals surface area contributed by atoms with Gasteiger partial charge in [0, 0.05) is 29.1 Å². The van der Waals surface area contributed by atoms with Crippen LogP contribution in [0.25, 0.3) is 33.2 Å². The van der Waals surface area contributed by atoms with Crippen molar-refractivity contribution >= 4 is 28.4 Å². The van der Waals surface area contributed by atoms with E-state index in [-0.39, 0.29) is 5.91 Å². The molecule has 8 nitrogen and oxygen atoms in total. The summed E-state index contributed by atoms with van der Waals surface area (Å²) in [5.41, 5.74) is 11.6. The van der Waals surface area contributed by atoms with Crippen molar-refractivity contribution in [2.24, 2.45) is 0 Å². The molecule has 0 aliphatic carbocycles. The third kappa shape index (κ3) is 4.45. The third-order valence-corrected chi connectivity index (χ3v) is 5.50. The zero-order valence-corrected chi connectivity index (χ0v) is 18.9. The van der Waals surface area contributed by atoms with Gasteiger partial charge >= 0.3 is 0 Å². The molecule has 35 heavy (non-hydrogen) atoms. The van der Waals surface area contributed by atoms with Crippen LogP contribution in [0.1, 0.15) is 5.69 Å². The smallest absolute Gasteiger partial charge is 0.248 e. The van der Waals surface area contributed by atoms with E-state index in [1.54, 1.807) is 12.3 Å². The number of anilines is 2. The number of rotatable bonds is 6. The normalized spacial score (nSPS) is 10.8. The molecule has 0 spiro atoms. The first kappa shape index (κ1) is 21.8. The number of nitrogens with one attached hydrogen (secondary N) is 2. The maximum atomic E-state index is 11.6. The minimum atomic E-state index is -0.318. The summed E-state index contributed by atoms with van der Waals surface area (Å²) in [5, 5.41) is 10.7. The van der Waals surface area contributed by atoms with E-state index in [1.807, 2.05) is 67.6 Å². The zero-order chi connectivity index (χ0) is 24.4. The minimum absolute atomic E-state index is 0.318. The summed E-state index contributed by atoms with van der Waals surface area (Å²) in [6, 6.07) is 21.0. The highest BCUT2D eigenvalue weighted by atomic mass is 16.5. The van der Waals surface area contributed by atoms with Gasteiger partial charge < -0.3 is 15.8 Å². The molecule has 5 rings (SSSR count). The monoisotopic (exact) mass is 462 g/mol. The average Bonchev–Trinajstić information content (AvgIpc) is 3.25. The fourth-order valence-corrected chi connectivity index (χ4v) is 3.87. The molecule has 0 fully saturated rings. The summed E-state index contributed by atoms with van der Waals surface area (Å²) in [6.45, 7) is 5.38. The molecule has 0 saturated heterocycles. The number of nitrogen functional groups attached to an aromatic ring is 1. The van der Waals surface area contributed by atoms with Gasteiger partial charge in [-0.25, -0.2) is 9.97 Å². The molecule has 3 heterocycles. The lowest BCUT2D eigenvalue weighted by Crippen LogP contribution is -2.08. The fraction of sp³-hybridized carbons (Fsp3) is 0.0370. The van der Waals surface area contributed by atoms with E-state index in [0.717, 1.165) is 38.9 Å². The van der Waals surface area contributed by atoms with Crippen molar-refractivity contribution < 1.29 is 9.53 Å². The Morgan fingerprint density at radius 1 is 1.06 bits per heavy atom. The van der Waals surface area contributed by atoms with Gasteiger partial charge in [0.05, 0.1) is 10.9 Å². The van der Waals surface area contributed by atoms with Crippen molar-refractivity contribution in [2.45, 2.75) is 6.92 Å². The van der Waals surface area contributed by atoms with Gasteiger partial charge in [-0.15, -0.1) is 0 Å². The lowest BCUT2D eigenvalue weighted by Gasteiger charge is -2.13. The van der Waals surface area contributed by atoms with Crippen LogP contribution in [0.2, 0.25) is 0 Å². The lowest BCUT2D eigenvalue weighted by atomic mass is 9.92. The number of carbonyl (C=O) groups is 1. The summed E-state index contributed by atoms with van der Waals surface area (Å²) < 4.78 is 5.91. The molecule has 0 aliphatic heterocycles. The quantitative estimate of drug-likeness (QED) is 0.287. The van der Waals surface area contributed by atoms with Crippen molar-refractivity contribution in [1.29, 1.82) is 0 Å². The molecular weight excluding hydrogens is 440 g/mol. The van der Waals surface area contributed by atoms with Gasteiger partial charge in [0.15, 0.2) is 5.82 Å². The Hall–Kier alpha value is -4.98. The van der Waals surface area contributed by atoms with E-state index in [0.29, 0.717) is 23.3 Å². The second-order valence-electron chi connectivity index (χ2n) is 7.89. The molecule has 8 heteroatoms. The van der Waals surface area contributed by atoms with Crippen LogP contribution in [0, 0.1) is 6.92 Å². The predicted octanol–water partition coefficient (Wildman–Crippen LogP) is 5.49. The molecule has 0 unspecified atom stereocenters. The maximum Gasteiger partial charge on any atom is 0.248 e. The summed E-state index contributed by atoms with van der Waals surface area (Å²) >= 11 is 0. The summed E-state index contributed by atoms with van der Waals surface area (Å²) in [7, 11) is 0. The van der Waals surface area contributed by atoms with Crippen LogP contribution < -0.4 is 15.8 Å². The Labute approximate surface area is 201 Å². The topological polar surface area (TPSA) is 119 Å². The van der Waals surface area contributed by atoms with Crippen LogP contribution in [0.15, 0.2) is 85.6 Å². The number of carbonyl (C=O) groups excluding carboxylic acids is 1. The standard InChI is InChI=1S/C27H22N6O2/c1-3-23(34)31-22-14-9-18(15-29-22)20-12-13-21-26(27(28)33-32-21)25(20)17-7-10-19(11-8-17)35-24-6-4-5-16(2)30-24/h3-15H,1H2,2H3,(H3,28,32,33)(H,29,31,34). The number of ether oxygens (including phenoxy) is 1. The number of aromatic nitrogens is 4. The Morgan fingerprint density at radius 3 is 2.57 bits per heavy atom. The molecule has 0 aliphatic rings. The SMILES string of the molecule is C=CC(=O)Nc1ccc(-c2ccc3[nH]nc(N)c3c2-c2ccc(Oc3cccc(C)n3)cc2)cn1. The number of fused-ring (bicyclic) bond motifs is 1. The predicted molar refractivity (Wildman–Crippen MR) is 137 cm³/mol. The van der Waals surface area contributed by atoms with Gasteiger partial charge in [0.25, 0.3) is 0 Å². The molecule has 5 aromatic rings. The van der Waals surface area contributed by atoms with E-state index < -0.39 is 0 Å². The molecular formula is C27H22N6O2. The summed E-state index contributed by atoms with van der Waals surface area (Å²) in [6.07, 6.45) is 2.91. The van der Waals surface area contributed by atoms with Gasteiger partial charge in [-0.1, -0.05) is 30.8 Å². The van der Waals surface area contributed by atoms with Crippen LogP contribution in [0.5, 0.6) is 11.6 Å². The third-order valence-electron chi connectivity index (χ3n) is 5.50. The van der Waals surface area contributed by atoms with Crippen molar-refractivity contribution in [1.82, 2.24) is 20.2 Å². The number of hydrogen-bond acceptors (Lipinski definition) is 6. The largest absolute Gasteiger partial charge is 0.439 e. The molecule has 4 N–H and O–H groups in total. The van der Waals surface area contributed by atoms with Crippen LogP contribution in [-0.4, -0.2) is 26.1 Å². The molecule has 0 atom stereocenters. The van der Waals surface area contributed by atoms with Crippen molar-refractivity contribution in [3.8, 4) is 33.9 Å². The highest BCUT2D eigenvalue weighted by molar-refractivity contribution is 6.07. The Bertz CT molecular complexity index is 1540. The second kappa shape index (κ2) is 9.11. The van der Waals surface area contributed by atoms with Gasteiger partial charge in [-0.2, -0.15) is 5.10 Å². The first-order valence-electron chi connectivity index (χ1n) is 10.9. The number of benzene rings is 2. The number of hydrogen-bond donors (Lipinski definition) is 3. The summed E-state index contributed by atoms with van der Waals surface area (Å²) in [4.78, 5) is 20.3. The van der Waals surface area contributed by atoms with Crippen molar-refractivity contribution in [3.05, 3.63) is 91.3 Å². The molecule has 0 radical (unpaired) electrons. The number of nitrogens with two attached hydrogens (primary N) is 1. The van der Waals surface area contributed by atoms with Crippen LogP contribution in [-0.2, 0) is 4.79 Å². The molecule has 0 bridgehead atoms. The first-order valence-corrected chi connectivity index (χ1v) is 10.9. The van der Waals surface area contributed by atoms with Gasteiger partial charge in [0.1, 0.15) is 11.6 Å². The average molecular weight is 463 g/mol. The molecule has 1 amide bonds. The molecule has 3 aromatic heterocycles.